The predicted molar refractivity (Wildman–Crippen MR) is 88.5 cm³/mol. The fraction of sp³-hybridized carbons (Fsp3) is 0.600. The van der Waals surface area contributed by atoms with Crippen molar-refractivity contribution in [3.8, 4) is 0 Å². The van der Waals surface area contributed by atoms with Crippen LogP contribution < -0.4 is 5.14 Å². The summed E-state index contributed by atoms with van der Waals surface area (Å²) in [6.45, 7) is 6.63. The van der Waals surface area contributed by atoms with Crippen LogP contribution in [0.5, 0.6) is 0 Å². The maximum absolute atomic E-state index is 11.6. The standard InChI is InChI=1S/C15H25NO2S2/c1-5-19-14-8-6-12(7-9-14)13(11-18-4)10-15(2,3)20(16)17/h6-9,13H,5,10-11,16H2,1-4H3/t13-,20?/m1/s1. The van der Waals surface area contributed by atoms with Gasteiger partial charge in [0, 0.05) is 17.9 Å². The fourth-order valence-electron chi connectivity index (χ4n) is 2.15. The lowest BCUT2D eigenvalue weighted by molar-refractivity contribution is 0.172. The van der Waals surface area contributed by atoms with Crippen LogP contribution in [0.2, 0.25) is 0 Å². The van der Waals surface area contributed by atoms with Gasteiger partial charge in [-0.1, -0.05) is 19.1 Å². The number of thioether (sulfide) groups is 1. The maximum Gasteiger partial charge on any atom is 0.0945 e. The third kappa shape index (κ3) is 5.20. The molecule has 2 atom stereocenters. The summed E-state index contributed by atoms with van der Waals surface area (Å²) in [5.74, 6) is 1.28. The molecule has 114 valence electrons. The van der Waals surface area contributed by atoms with Crippen LogP contribution in [-0.2, 0) is 15.7 Å². The van der Waals surface area contributed by atoms with Crippen LogP contribution in [0.3, 0.4) is 0 Å². The number of benzene rings is 1. The molecule has 0 saturated carbocycles. The molecule has 3 nitrogen and oxygen atoms in total. The second-order valence-electron chi connectivity index (χ2n) is 5.42. The molecule has 0 aliphatic carbocycles. The number of hydrogen-bond donors (Lipinski definition) is 1. The van der Waals surface area contributed by atoms with Gasteiger partial charge < -0.3 is 4.74 Å². The van der Waals surface area contributed by atoms with E-state index < -0.39 is 15.7 Å². The average molecular weight is 316 g/mol. The summed E-state index contributed by atoms with van der Waals surface area (Å²) in [4.78, 5) is 1.27. The van der Waals surface area contributed by atoms with Crippen LogP contribution in [0.1, 0.15) is 38.7 Å². The van der Waals surface area contributed by atoms with Gasteiger partial charge in [0.05, 0.1) is 22.3 Å². The van der Waals surface area contributed by atoms with E-state index in [0.717, 1.165) is 12.2 Å². The topological polar surface area (TPSA) is 52.3 Å². The van der Waals surface area contributed by atoms with Crippen LogP contribution in [0.25, 0.3) is 0 Å². The Kier molecular flexibility index (Phi) is 7.23. The zero-order valence-corrected chi connectivity index (χ0v) is 14.4. The van der Waals surface area contributed by atoms with Gasteiger partial charge in [-0.2, -0.15) is 0 Å². The summed E-state index contributed by atoms with van der Waals surface area (Å²) in [6, 6.07) is 8.55. The molecule has 20 heavy (non-hydrogen) atoms. The molecule has 5 heteroatoms. The number of ether oxygens (including phenoxy) is 1. The highest BCUT2D eigenvalue weighted by Crippen LogP contribution is 2.30. The van der Waals surface area contributed by atoms with Crippen molar-refractivity contribution in [2.75, 3.05) is 19.5 Å². The molecule has 1 unspecified atom stereocenters. The molecule has 0 saturated heterocycles. The van der Waals surface area contributed by atoms with Gasteiger partial charge in [0.15, 0.2) is 0 Å². The zero-order chi connectivity index (χ0) is 15.2. The number of rotatable bonds is 8. The first-order valence-electron chi connectivity index (χ1n) is 6.78. The van der Waals surface area contributed by atoms with Crippen molar-refractivity contribution < 1.29 is 8.95 Å². The first kappa shape index (κ1) is 17.7. The van der Waals surface area contributed by atoms with Gasteiger partial charge >= 0.3 is 0 Å². The summed E-state index contributed by atoms with van der Waals surface area (Å²) in [5, 5.41) is 5.58. The van der Waals surface area contributed by atoms with E-state index in [0.29, 0.717) is 6.61 Å². The Labute approximate surface area is 129 Å². The van der Waals surface area contributed by atoms with Crippen molar-refractivity contribution in [2.24, 2.45) is 5.14 Å². The molecule has 1 aromatic rings. The van der Waals surface area contributed by atoms with Crippen molar-refractivity contribution in [2.45, 2.75) is 42.8 Å². The molecule has 0 aliphatic rings. The first-order chi connectivity index (χ1) is 9.40. The minimum Gasteiger partial charge on any atom is -0.384 e. The number of methoxy groups -OCH3 is 1. The molecule has 0 amide bonds. The van der Waals surface area contributed by atoms with Crippen LogP contribution in [-0.4, -0.2) is 28.4 Å². The minimum atomic E-state index is -1.34. The van der Waals surface area contributed by atoms with Gasteiger partial charge in [-0.15, -0.1) is 11.8 Å². The lowest BCUT2D eigenvalue weighted by Crippen LogP contribution is -2.34. The van der Waals surface area contributed by atoms with Gasteiger partial charge in [-0.3, -0.25) is 5.14 Å². The molecule has 0 spiro atoms. The Morgan fingerprint density at radius 2 is 1.95 bits per heavy atom. The minimum absolute atomic E-state index is 0.211. The van der Waals surface area contributed by atoms with Crippen LogP contribution in [0.4, 0.5) is 0 Å². The van der Waals surface area contributed by atoms with Crippen LogP contribution >= 0.6 is 11.8 Å². The van der Waals surface area contributed by atoms with Crippen molar-refractivity contribution in [1.82, 2.24) is 0 Å². The largest absolute Gasteiger partial charge is 0.384 e. The lowest BCUT2D eigenvalue weighted by Gasteiger charge is -2.27. The second-order valence-corrected chi connectivity index (χ2v) is 8.45. The molecule has 0 fully saturated rings. The quantitative estimate of drug-likeness (QED) is 0.749. The van der Waals surface area contributed by atoms with Crippen molar-refractivity contribution in [1.29, 1.82) is 0 Å². The Balaban J connectivity index is 2.87. The van der Waals surface area contributed by atoms with Gasteiger partial charge in [0.1, 0.15) is 0 Å². The SMILES string of the molecule is CCSc1ccc([C@@H](COC)CC(C)(C)S(N)=O)cc1. The van der Waals surface area contributed by atoms with E-state index >= 15 is 0 Å². The smallest absolute Gasteiger partial charge is 0.0945 e. The van der Waals surface area contributed by atoms with E-state index in [9.17, 15) is 4.21 Å². The molecule has 2 N–H and O–H groups in total. The van der Waals surface area contributed by atoms with Crippen molar-refractivity contribution in [3.05, 3.63) is 29.8 Å². The summed E-state index contributed by atoms with van der Waals surface area (Å²) in [7, 11) is 0.354. The third-order valence-corrected chi connectivity index (χ3v) is 5.46. The molecule has 0 radical (unpaired) electrons. The average Bonchev–Trinajstić information content (AvgIpc) is 2.39. The summed E-state index contributed by atoms with van der Waals surface area (Å²) in [5.41, 5.74) is 1.21. The molecule has 0 aromatic heterocycles. The zero-order valence-electron chi connectivity index (χ0n) is 12.7. The Hall–Kier alpha value is -0.360. The van der Waals surface area contributed by atoms with E-state index in [1.165, 1.54) is 10.5 Å². The number of nitrogens with two attached hydrogens (primary N) is 1. The first-order valence-corrected chi connectivity index (χ1v) is 8.98. The van der Waals surface area contributed by atoms with Crippen molar-refractivity contribution in [3.63, 3.8) is 0 Å². The Morgan fingerprint density at radius 3 is 2.40 bits per heavy atom. The molecule has 0 heterocycles. The van der Waals surface area contributed by atoms with E-state index in [-0.39, 0.29) is 5.92 Å². The molecular formula is C15H25NO2S2. The Bertz CT molecular complexity index is 432. The van der Waals surface area contributed by atoms with Crippen LogP contribution in [0, 0.1) is 0 Å². The van der Waals surface area contributed by atoms with Gasteiger partial charge in [-0.05, 0) is 43.7 Å². The van der Waals surface area contributed by atoms with Gasteiger partial charge in [-0.25, -0.2) is 4.21 Å². The fourth-order valence-corrected chi connectivity index (χ4v) is 3.18. The normalized spacial score (nSPS) is 15.1. The summed E-state index contributed by atoms with van der Waals surface area (Å²) < 4.78 is 16.5. The molecule has 1 rings (SSSR count). The summed E-state index contributed by atoms with van der Waals surface area (Å²) in [6.07, 6.45) is 0.740. The van der Waals surface area contributed by atoms with Crippen molar-refractivity contribution >= 4 is 22.7 Å². The summed E-state index contributed by atoms with van der Waals surface area (Å²) >= 11 is 1.83. The molecular weight excluding hydrogens is 290 g/mol. The predicted octanol–water partition coefficient (Wildman–Crippen LogP) is 3.32. The monoisotopic (exact) mass is 315 g/mol. The van der Waals surface area contributed by atoms with Gasteiger partial charge in [0.25, 0.3) is 0 Å². The van der Waals surface area contributed by atoms with E-state index in [1.54, 1.807) is 7.11 Å². The Morgan fingerprint density at radius 1 is 1.35 bits per heavy atom. The second kappa shape index (κ2) is 8.17. The van der Waals surface area contributed by atoms with E-state index in [4.69, 9.17) is 9.88 Å². The van der Waals surface area contributed by atoms with Gasteiger partial charge in [0.2, 0.25) is 0 Å². The molecule has 0 bridgehead atoms. The highest BCUT2D eigenvalue weighted by Gasteiger charge is 2.28. The highest BCUT2D eigenvalue weighted by molar-refractivity contribution is 7.99. The van der Waals surface area contributed by atoms with E-state index in [2.05, 4.69) is 31.2 Å². The maximum atomic E-state index is 11.6. The van der Waals surface area contributed by atoms with E-state index in [1.807, 2.05) is 25.6 Å². The molecule has 1 aromatic carbocycles. The molecule has 0 aliphatic heterocycles. The lowest BCUT2D eigenvalue weighted by atomic mass is 9.90. The highest BCUT2D eigenvalue weighted by atomic mass is 32.2. The third-order valence-electron chi connectivity index (χ3n) is 3.31. The van der Waals surface area contributed by atoms with Crippen LogP contribution in [0.15, 0.2) is 29.2 Å². The number of hydrogen-bond acceptors (Lipinski definition) is 3.